The van der Waals surface area contributed by atoms with Crippen LogP contribution in [-0.2, 0) is 4.74 Å². The van der Waals surface area contributed by atoms with Crippen molar-refractivity contribution in [1.29, 1.82) is 0 Å². The Kier molecular flexibility index (Phi) is 1.46. The van der Waals surface area contributed by atoms with E-state index in [1.165, 1.54) is 0 Å². The van der Waals surface area contributed by atoms with Crippen LogP contribution < -0.4 is 0 Å². The Morgan fingerprint density at radius 2 is 2.38 bits per heavy atom. The van der Waals surface area contributed by atoms with Crippen LogP contribution in [0.2, 0.25) is 0 Å². The van der Waals surface area contributed by atoms with Gasteiger partial charge in [-0.15, -0.1) is 0 Å². The van der Waals surface area contributed by atoms with Gasteiger partial charge < -0.3 is 9.84 Å². The number of hydrogen-bond donors (Lipinski definition) is 1. The van der Waals surface area contributed by atoms with Crippen molar-refractivity contribution in [1.82, 2.24) is 0 Å². The fourth-order valence-corrected chi connectivity index (χ4v) is 3.46. The van der Waals surface area contributed by atoms with Crippen LogP contribution in [0.25, 0.3) is 0 Å². The molecule has 5 atom stereocenters. The molecule has 2 bridgehead atoms. The molecule has 2 fully saturated rings. The smallest absolute Gasteiger partial charge is 0.0927 e. The lowest BCUT2D eigenvalue weighted by molar-refractivity contribution is -0.0560. The molecule has 1 saturated carbocycles. The third kappa shape index (κ3) is 0.856. The van der Waals surface area contributed by atoms with Crippen molar-refractivity contribution in [3.8, 4) is 0 Å². The topological polar surface area (TPSA) is 29.5 Å². The van der Waals surface area contributed by atoms with Crippen molar-refractivity contribution >= 4 is 0 Å². The van der Waals surface area contributed by atoms with E-state index in [2.05, 4.69) is 19.1 Å². The van der Waals surface area contributed by atoms with Gasteiger partial charge in [0.2, 0.25) is 0 Å². The maximum atomic E-state index is 9.95. The minimum Gasteiger partial charge on any atom is -0.393 e. The van der Waals surface area contributed by atoms with Crippen LogP contribution in [0.4, 0.5) is 0 Å². The zero-order valence-corrected chi connectivity index (χ0v) is 7.94. The second-order valence-electron chi connectivity index (χ2n) is 4.74. The van der Waals surface area contributed by atoms with E-state index in [4.69, 9.17) is 4.74 Å². The molecule has 2 nitrogen and oxygen atoms in total. The van der Waals surface area contributed by atoms with E-state index in [0.29, 0.717) is 11.8 Å². The summed E-state index contributed by atoms with van der Waals surface area (Å²) in [7, 11) is 0. The van der Waals surface area contributed by atoms with Crippen LogP contribution in [0.1, 0.15) is 26.2 Å². The van der Waals surface area contributed by atoms with E-state index in [1.807, 2.05) is 0 Å². The zero-order chi connectivity index (χ0) is 9.05. The van der Waals surface area contributed by atoms with Gasteiger partial charge >= 0.3 is 0 Å². The maximum Gasteiger partial charge on any atom is 0.0927 e. The summed E-state index contributed by atoms with van der Waals surface area (Å²) in [4.78, 5) is 0. The Morgan fingerprint density at radius 3 is 3.15 bits per heavy atom. The van der Waals surface area contributed by atoms with Gasteiger partial charge in [0.1, 0.15) is 0 Å². The third-order valence-corrected chi connectivity index (χ3v) is 4.05. The van der Waals surface area contributed by atoms with E-state index in [1.54, 1.807) is 0 Å². The van der Waals surface area contributed by atoms with Gasteiger partial charge in [-0.1, -0.05) is 19.1 Å². The van der Waals surface area contributed by atoms with Gasteiger partial charge in [0.15, 0.2) is 0 Å². The standard InChI is InChI=1S/C11H16O2/c1-7-9-4-6-11(13-9)5-2-3-8(12)10(7)11/h4,6-10,12H,2-3,5H2,1H3. The predicted octanol–water partition coefficient (Wildman–Crippen LogP) is 1.49. The number of rotatable bonds is 0. The molecule has 1 aliphatic carbocycles. The number of fused-ring (bicyclic) bond motifs is 1. The van der Waals surface area contributed by atoms with Gasteiger partial charge in [-0.2, -0.15) is 0 Å². The summed E-state index contributed by atoms with van der Waals surface area (Å²) in [6.07, 6.45) is 7.68. The third-order valence-electron chi connectivity index (χ3n) is 4.05. The van der Waals surface area contributed by atoms with Crippen molar-refractivity contribution < 1.29 is 9.84 Å². The normalized spacial score (nSPS) is 58.3. The van der Waals surface area contributed by atoms with Crippen molar-refractivity contribution in [3.05, 3.63) is 12.2 Å². The van der Waals surface area contributed by atoms with Crippen LogP contribution in [-0.4, -0.2) is 22.9 Å². The van der Waals surface area contributed by atoms with Crippen LogP contribution in [0.3, 0.4) is 0 Å². The first-order valence-corrected chi connectivity index (χ1v) is 5.28. The largest absolute Gasteiger partial charge is 0.393 e. The summed E-state index contributed by atoms with van der Waals surface area (Å²) < 4.78 is 5.98. The van der Waals surface area contributed by atoms with E-state index < -0.39 is 0 Å². The molecule has 72 valence electrons. The highest BCUT2D eigenvalue weighted by Crippen LogP contribution is 2.53. The van der Waals surface area contributed by atoms with Crippen LogP contribution in [0.5, 0.6) is 0 Å². The number of ether oxygens (including phenoxy) is 1. The second kappa shape index (κ2) is 2.37. The molecule has 1 saturated heterocycles. The highest BCUT2D eigenvalue weighted by molar-refractivity contribution is 5.24. The first kappa shape index (κ1) is 8.01. The van der Waals surface area contributed by atoms with Gasteiger partial charge in [-0.25, -0.2) is 0 Å². The van der Waals surface area contributed by atoms with Gasteiger partial charge in [0.05, 0.1) is 17.8 Å². The zero-order valence-electron chi connectivity index (χ0n) is 7.94. The fraction of sp³-hybridized carbons (Fsp3) is 0.818. The first-order valence-electron chi connectivity index (χ1n) is 5.28. The van der Waals surface area contributed by atoms with Crippen molar-refractivity contribution in [3.63, 3.8) is 0 Å². The first-order chi connectivity index (χ1) is 6.23. The van der Waals surface area contributed by atoms with Crippen molar-refractivity contribution in [2.24, 2.45) is 11.8 Å². The maximum absolute atomic E-state index is 9.95. The van der Waals surface area contributed by atoms with E-state index in [9.17, 15) is 5.11 Å². The minimum atomic E-state index is -0.140. The number of aliphatic hydroxyl groups is 1. The van der Waals surface area contributed by atoms with E-state index >= 15 is 0 Å². The summed E-state index contributed by atoms with van der Waals surface area (Å²) in [5.41, 5.74) is -0.0816. The fourth-order valence-electron chi connectivity index (χ4n) is 3.46. The van der Waals surface area contributed by atoms with Gasteiger partial charge in [0, 0.05) is 5.92 Å². The molecule has 3 rings (SSSR count). The highest BCUT2D eigenvalue weighted by atomic mass is 16.5. The lowest BCUT2D eigenvalue weighted by atomic mass is 9.67. The number of hydrogen-bond acceptors (Lipinski definition) is 2. The molecule has 0 aromatic carbocycles. The molecule has 2 heterocycles. The average Bonchev–Trinajstić information content (AvgIpc) is 2.60. The van der Waals surface area contributed by atoms with Crippen molar-refractivity contribution in [2.75, 3.05) is 0 Å². The molecular weight excluding hydrogens is 164 g/mol. The molecule has 2 aliphatic heterocycles. The van der Waals surface area contributed by atoms with Gasteiger partial charge in [-0.3, -0.25) is 0 Å². The van der Waals surface area contributed by atoms with Gasteiger partial charge in [0.25, 0.3) is 0 Å². The van der Waals surface area contributed by atoms with Crippen molar-refractivity contribution in [2.45, 2.75) is 44.0 Å². The molecule has 0 amide bonds. The number of aliphatic hydroxyl groups excluding tert-OH is 1. The minimum absolute atomic E-state index is 0.0816. The average molecular weight is 180 g/mol. The van der Waals surface area contributed by atoms with Crippen LogP contribution >= 0.6 is 0 Å². The molecule has 2 heteroatoms. The van der Waals surface area contributed by atoms with Crippen LogP contribution in [0, 0.1) is 11.8 Å². The second-order valence-corrected chi connectivity index (χ2v) is 4.74. The Morgan fingerprint density at radius 1 is 1.54 bits per heavy atom. The Bertz CT molecular complexity index is 261. The molecule has 13 heavy (non-hydrogen) atoms. The summed E-state index contributed by atoms with van der Waals surface area (Å²) >= 11 is 0. The lowest BCUT2D eigenvalue weighted by Gasteiger charge is -2.40. The Hall–Kier alpha value is -0.340. The lowest BCUT2D eigenvalue weighted by Crippen LogP contribution is -2.45. The monoisotopic (exact) mass is 180 g/mol. The summed E-state index contributed by atoms with van der Waals surface area (Å²) in [6, 6.07) is 0. The SMILES string of the molecule is CC1C2C=CC3(CCCC(O)C13)O2. The molecule has 5 unspecified atom stereocenters. The summed E-state index contributed by atoms with van der Waals surface area (Å²) in [5, 5.41) is 9.95. The molecule has 1 N–H and O–H groups in total. The predicted molar refractivity (Wildman–Crippen MR) is 49.3 cm³/mol. The van der Waals surface area contributed by atoms with Gasteiger partial charge in [-0.05, 0) is 25.2 Å². The Balaban J connectivity index is 2.01. The van der Waals surface area contributed by atoms with Crippen LogP contribution in [0.15, 0.2) is 12.2 Å². The molecule has 3 aliphatic rings. The highest BCUT2D eigenvalue weighted by Gasteiger charge is 2.57. The summed E-state index contributed by atoms with van der Waals surface area (Å²) in [5.74, 6) is 0.858. The molecule has 0 aromatic heterocycles. The molecule has 1 spiro atoms. The Labute approximate surface area is 78.6 Å². The van der Waals surface area contributed by atoms with E-state index in [0.717, 1.165) is 19.3 Å². The molecule has 0 aromatic rings. The quantitative estimate of drug-likeness (QED) is 0.572. The van der Waals surface area contributed by atoms with E-state index in [-0.39, 0.29) is 17.8 Å². The molecule has 0 radical (unpaired) electrons. The molecular formula is C11H16O2. The summed E-state index contributed by atoms with van der Waals surface area (Å²) in [6.45, 7) is 2.20.